The molecule has 0 aliphatic heterocycles. The van der Waals surface area contributed by atoms with Crippen molar-refractivity contribution in [1.29, 1.82) is 0 Å². The van der Waals surface area contributed by atoms with Crippen LogP contribution in [0.1, 0.15) is 10.4 Å². The maximum Gasteiger partial charge on any atom is 0.573 e. The van der Waals surface area contributed by atoms with Crippen LogP contribution >= 0.6 is 0 Å². The van der Waals surface area contributed by atoms with Crippen molar-refractivity contribution in [2.24, 2.45) is 0 Å². The molecule has 3 aromatic rings. The second kappa shape index (κ2) is 5.14. The largest absolute Gasteiger partial charge is 0.573 e. The van der Waals surface area contributed by atoms with Crippen LogP contribution in [0.15, 0.2) is 42.7 Å². The second-order valence-corrected chi connectivity index (χ2v) is 4.37. The van der Waals surface area contributed by atoms with E-state index >= 15 is 0 Å². The van der Waals surface area contributed by atoms with Crippen molar-refractivity contribution in [3.8, 4) is 17.0 Å². The van der Waals surface area contributed by atoms with Crippen LogP contribution in [0.25, 0.3) is 16.9 Å². The molecule has 0 aliphatic carbocycles. The van der Waals surface area contributed by atoms with Crippen LogP contribution in [0.5, 0.6) is 5.75 Å². The van der Waals surface area contributed by atoms with Gasteiger partial charge in [0.1, 0.15) is 5.75 Å². The Kier molecular flexibility index (Phi) is 3.28. The first-order chi connectivity index (χ1) is 10.5. The zero-order valence-corrected chi connectivity index (χ0v) is 10.9. The van der Waals surface area contributed by atoms with E-state index in [9.17, 15) is 18.0 Å². The Morgan fingerprint density at radius 3 is 2.50 bits per heavy atom. The number of aromatic nitrogens is 3. The van der Waals surface area contributed by atoms with E-state index in [4.69, 9.17) is 0 Å². The Labute approximate surface area is 122 Å². The highest BCUT2D eigenvalue weighted by atomic mass is 19.4. The van der Waals surface area contributed by atoms with E-state index < -0.39 is 6.36 Å². The number of hydrogen-bond acceptors (Lipinski definition) is 4. The lowest BCUT2D eigenvalue weighted by Crippen LogP contribution is -2.16. The highest BCUT2D eigenvalue weighted by Gasteiger charge is 2.30. The van der Waals surface area contributed by atoms with Crippen molar-refractivity contribution in [1.82, 2.24) is 14.6 Å². The summed E-state index contributed by atoms with van der Waals surface area (Å²) in [6.07, 6.45) is -1.08. The number of carbonyl (C=O) groups is 1. The van der Waals surface area contributed by atoms with E-state index in [2.05, 4.69) is 14.8 Å². The minimum Gasteiger partial charge on any atom is -0.406 e. The van der Waals surface area contributed by atoms with Gasteiger partial charge in [0.05, 0.1) is 17.5 Å². The summed E-state index contributed by atoms with van der Waals surface area (Å²) in [6.45, 7) is 0. The fraction of sp³-hybridized carbons (Fsp3) is 0.0714. The van der Waals surface area contributed by atoms with Crippen LogP contribution in [0.2, 0.25) is 0 Å². The van der Waals surface area contributed by atoms with Crippen LogP contribution in [0.3, 0.4) is 0 Å². The molecule has 0 atom stereocenters. The van der Waals surface area contributed by atoms with Gasteiger partial charge in [-0.3, -0.25) is 4.79 Å². The van der Waals surface area contributed by atoms with E-state index in [0.29, 0.717) is 28.8 Å². The minimum absolute atomic E-state index is 0.310. The summed E-state index contributed by atoms with van der Waals surface area (Å²) in [6, 6.07) is 6.96. The smallest absolute Gasteiger partial charge is 0.406 e. The summed E-state index contributed by atoms with van der Waals surface area (Å²) in [5.41, 5.74) is 1.81. The monoisotopic (exact) mass is 307 g/mol. The van der Waals surface area contributed by atoms with Crippen molar-refractivity contribution in [2.75, 3.05) is 0 Å². The lowest BCUT2D eigenvalue weighted by molar-refractivity contribution is -0.274. The lowest BCUT2D eigenvalue weighted by Gasteiger charge is -2.09. The number of nitrogens with zero attached hydrogens (tertiary/aromatic N) is 3. The standard InChI is InChI=1S/C14H8F3N3O2/c15-14(16,17)22-11-3-1-9(2-4-11)12-5-6-20-13(19-12)10(8-21)7-18-20/h1-8H. The highest BCUT2D eigenvalue weighted by molar-refractivity contribution is 5.84. The summed E-state index contributed by atoms with van der Waals surface area (Å²) in [5.74, 6) is -0.310. The first-order valence-electron chi connectivity index (χ1n) is 6.12. The first-order valence-corrected chi connectivity index (χ1v) is 6.12. The molecule has 2 heterocycles. The summed E-state index contributed by atoms with van der Waals surface area (Å²) >= 11 is 0. The van der Waals surface area contributed by atoms with Gasteiger partial charge in [0, 0.05) is 11.8 Å². The molecule has 1 aromatic carbocycles. The van der Waals surface area contributed by atoms with Crippen LogP contribution in [-0.4, -0.2) is 27.2 Å². The molecule has 0 saturated heterocycles. The topological polar surface area (TPSA) is 56.5 Å². The highest BCUT2D eigenvalue weighted by Crippen LogP contribution is 2.26. The minimum atomic E-state index is -4.73. The van der Waals surface area contributed by atoms with Gasteiger partial charge < -0.3 is 4.74 Å². The molecule has 2 aromatic heterocycles. The zero-order valence-electron chi connectivity index (χ0n) is 10.9. The fourth-order valence-electron chi connectivity index (χ4n) is 1.96. The lowest BCUT2D eigenvalue weighted by atomic mass is 10.1. The maximum atomic E-state index is 12.1. The predicted octanol–water partition coefficient (Wildman–Crippen LogP) is 3.11. The summed E-state index contributed by atoms with van der Waals surface area (Å²) in [7, 11) is 0. The number of ether oxygens (including phenoxy) is 1. The number of hydrogen-bond donors (Lipinski definition) is 0. The normalized spacial score (nSPS) is 11.6. The Bertz CT molecular complexity index is 825. The number of fused-ring (bicyclic) bond motifs is 1. The number of carbonyl (C=O) groups excluding carboxylic acids is 1. The van der Waals surface area contributed by atoms with E-state index in [-0.39, 0.29) is 5.75 Å². The second-order valence-electron chi connectivity index (χ2n) is 4.37. The third kappa shape index (κ3) is 2.76. The molecule has 0 unspecified atom stereocenters. The third-order valence-corrected chi connectivity index (χ3v) is 2.91. The number of halogens is 3. The van der Waals surface area contributed by atoms with Crippen molar-refractivity contribution < 1.29 is 22.7 Å². The van der Waals surface area contributed by atoms with Crippen molar-refractivity contribution in [2.45, 2.75) is 6.36 Å². The van der Waals surface area contributed by atoms with Gasteiger partial charge >= 0.3 is 6.36 Å². The average Bonchev–Trinajstić information content (AvgIpc) is 2.88. The summed E-state index contributed by atoms with van der Waals surface area (Å²) in [4.78, 5) is 15.2. The molecule has 0 bridgehead atoms. The van der Waals surface area contributed by atoms with Crippen LogP contribution in [0, 0.1) is 0 Å². The zero-order chi connectivity index (χ0) is 15.7. The summed E-state index contributed by atoms with van der Waals surface area (Å²) < 4.78 is 41.6. The van der Waals surface area contributed by atoms with Crippen LogP contribution in [-0.2, 0) is 0 Å². The van der Waals surface area contributed by atoms with E-state index in [1.807, 2.05) is 0 Å². The Morgan fingerprint density at radius 1 is 1.14 bits per heavy atom. The van der Waals surface area contributed by atoms with Crippen molar-refractivity contribution in [3.05, 3.63) is 48.3 Å². The molecule has 3 rings (SSSR count). The molecule has 0 N–H and O–H groups in total. The van der Waals surface area contributed by atoms with Gasteiger partial charge in [0.15, 0.2) is 11.9 Å². The van der Waals surface area contributed by atoms with E-state index in [1.165, 1.54) is 35.0 Å². The van der Waals surface area contributed by atoms with Crippen LogP contribution < -0.4 is 4.74 Å². The molecule has 0 aliphatic rings. The van der Waals surface area contributed by atoms with E-state index in [1.54, 1.807) is 12.3 Å². The average molecular weight is 307 g/mol. The van der Waals surface area contributed by atoms with Gasteiger partial charge in [0.2, 0.25) is 0 Å². The maximum absolute atomic E-state index is 12.1. The number of alkyl halides is 3. The molecule has 0 radical (unpaired) electrons. The van der Waals surface area contributed by atoms with Crippen molar-refractivity contribution in [3.63, 3.8) is 0 Å². The predicted molar refractivity (Wildman–Crippen MR) is 70.5 cm³/mol. The molecule has 0 amide bonds. The number of rotatable bonds is 3. The SMILES string of the molecule is O=Cc1cnn2ccc(-c3ccc(OC(F)(F)F)cc3)nc12. The van der Waals surface area contributed by atoms with Gasteiger partial charge in [-0.05, 0) is 30.3 Å². The van der Waals surface area contributed by atoms with Gasteiger partial charge in [-0.2, -0.15) is 5.10 Å². The van der Waals surface area contributed by atoms with E-state index in [0.717, 1.165) is 0 Å². The number of benzene rings is 1. The molecule has 0 saturated carbocycles. The molecule has 5 nitrogen and oxygen atoms in total. The summed E-state index contributed by atoms with van der Waals surface area (Å²) in [5, 5.41) is 3.96. The molecule has 0 fully saturated rings. The van der Waals surface area contributed by atoms with Gasteiger partial charge in [-0.25, -0.2) is 9.50 Å². The Balaban J connectivity index is 1.95. The quantitative estimate of drug-likeness (QED) is 0.698. The molecular weight excluding hydrogens is 299 g/mol. The number of aldehydes is 1. The van der Waals surface area contributed by atoms with Gasteiger partial charge in [-0.15, -0.1) is 13.2 Å². The molecule has 8 heteroatoms. The van der Waals surface area contributed by atoms with Crippen molar-refractivity contribution >= 4 is 11.9 Å². The first kappa shape index (κ1) is 14.1. The molecule has 0 spiro atoms. The molecule has 22 heavy (non-hydrogen) atoms. The Hall–Kier alpha value is -2.90. The van der Waals surface area contributed by atoms with Crippen LogP contribution in [0.4, 0.5) is 13.2 Å². The molecular formula is C14H8F3N3O2. The van der Waals surface area contributed by atoms with Gasteiger partial charge in [-0.1, -0.05) is 0 Å². The molecule has 112 valence electrons. The fourth-order valence-corrected chi connectivity index (χ4v) is 1.96. The van der Waals surface area contributed by atoms with Gasteiger partial charge in [0.25, 0.3) is 0 Å². The third-order valence-electron chi connectivity index (χ3n) is 2.91. The Morgan fingerprint density at radius 2 is 1.86 bits per heavy atom.